The smallest absolute Gasteiger partial charge is 0.325 e. The first-order valence-corrected chi connectivity index (χ1v) is 8.28. The molecule has 0 aliphatic heterocycles. The molecule has 0 aliphatic rings. The summed E-state index contributed by atoms with van der Waals surface area (Å²) in [5, 5.41) is 2.59. The standard InChI is InChI=1S/C17H24BrNO3/c1-17(2,3)22-16(21)12-19-15(20)7-5-4-6-13-8-10-14(18)11-9-13/h8-11H,4-7,12H2,1-3H3,(H,19,20). The van der Waals surface area contributed by atoms with Gasteiger partial charge in [-0.05, 0) is 57.7 Å². The Morgan fingerprint density at radius 3 is 2.36 bits per heavy atom. The van der Waals surface area contributed by atoms with Gasteiger partial charge in [-0.3, -0.25) is 9.59 Å². The lowest BCUT2D eigenvalue weighted by Crippen LogP contribution is -2.34. The fraction of sp³-hybridized carbons (Fsp3) is 0.529. The molecule has 0 spiro atoms. The minimum absolute atomic E-state index is 0.0667. The van der Waals surface area contributed by atoms with Crippen molar-refractivity contribution < 1.29 is 14.3 Å². The molecular formula is C17H24BrNO3. The SMILES string of the molecule is CC(C)(C)OC(=O)CNC(=O)CCCCc1ccc(Br)cc1. The second-order valence-electron chi connectivity index (χ2n) is 6.20. The molecule has 0 aliphatic carbocycles. The zero-order chi connectivity index (χ0) is 16.6. The van der Waals surface area contributed by atoms with Crippen LogP contribution in [0.5, 0.6) is 0 Å². The van der Waals surface area contributed by atoms with E-state index in [1.165, 1.54) is 5.56 Å². The molecule has 0 atom stereocenters. The average molecular weight is 370 g/mol. The molecule has 0 bridgehead atoms. The molecular weight excluding hydrogens is 346 g/mol. The lowest BCUT2D eigenvalue weighted by atomic mass is 10.1. The molecule has 1 amide bonds. The zero-order valence-corrected chi connectivity index (χ0v) is 15.0. The number of unbranched alkanes of at least 4 members (excludes halogenated alkanes) is 1. The normalized spacial score (nSPS) is 11.1. The van der Waals surface area contributed by atoms with Crippen molar-refractivity contribution in [2.75, 3.05) is 6.54 Å². The summed E-state index contributed by atoms with van der Waals surface area (Å²) in [6.45, 7) is 5.33. The van der Waals surface area contributed by atoms with Gasteiger partial charge in [0.15, 0.2) is 0 Å². The van der Waals surface area contributed by atoms with Crippen molar-refractivity contribution in [2.24, 2.45) is 0 Å². The molecule has 22 heavy (non-hydrogen) atoms. The Balaban J connectivity index is 2.13. The summed E-state index contributed by atoms with van der Waals surface area (Å²) in [4.78, 5) is 23.1. The highest BCUT2D eigenvalue weighted by atomic mass is 79.9. The highest BCUT2D eigenvalue weighted by Crippen LogP contribution is 2.13. The van der Waals surface area contributed by atoms with Crippen molar-refractivity contribution in [3.05, 3.63) is 34.3 Å². The van der Waals surface area contributed by atoms with Gasteiger partial charge in [-0.1, -0.05) is 28.1 Å². The summed E-state index contributed by atoms with van der Waals surface area (Å²) in [7, 11) is 0. The fourth-order valence-electron chi connectivity index (χ4n) is 1.90. The first-order chi connectivity index (χ1) is 10.3. The van der Waals surface area contributed by atoms with Crippen LogP contribution in [0.4, 0.5) is 0 Å². The van der Waals surface area contributed by atoms with Gasteiger partial charge in [0.25, 0.3) is 0 Å². The summed E-state index contributed by atoms with van der Waals surface area (Å²) in [5.74, 6) is -0.516. The van der Waals surface area contributed by atoms with Crippen LogP contribution in [-0.4, -0.2) is 24.0 Å². The van der Waals surface area contributed by atoms with E-state index in [2.05, 4.69) is 33.4 Å². The molecule has 0 aromatic heterocycles. The molecule has 1 rings (SSSR count). The van der Waals surface area contributed by atoms with E-state index in [4.69, 9.17) is 4.74 Å². The van der Waals surface area contributed by atoms with Gasteiger partial charge in [0.2, 0.25) is 5.91 Å². The van der Waals surface area contributed by atoms with E-state index in [0.29, 0.717) is 6.42 Å². The van der Waals surface area contributed by atoms with Crippen molar-refractivity contribution in [1.82, 2.24) is 5.32 Å². The zero-order valence-electron chi connectivity index (χ0n) is 13.4. The van der Waals surface area contributed by atoms with Crippen LogP contribution in [0.25, 0.3) is 0 Å². The predicted molar refractivity (Wildman–Crippen MR) is 90.6 cm³/mol. The summed E-state index contributed by atoms with van der Waals surface area (Å²) < 4.78 is 6.19. The number of rotatable bonds is 7. The molecule has 5 heteroatoms. The summed E-state index contributed by atoms with van der Waals surface area (Å²) in [6.07, 6.45) is 3.13. The Morgan fingerprint density at radius 2 is 1.77 bits per heavy atom. The number of amides is 1. The highest BCUT2D eigenvalue weighted by Gasteiger charge is 2.16. The molecule has 1 N–H and O–H groups in total. The Morgan fingerprint density at radius 1 is 1.14 bits per heavy atom. The van der Waals surface area contributed by atoms with Crippen molar-refractivity contribution in [3.8, 4) is 0 Å². The minimum atomic E-state index is -0.521. The first-order valence-electron chi connectivity index (χ1n) is 7.49. The van der Waals surface area contributed by atoms with Crippen LogP contribution in [-0.2, 0) is 20.7 Å². The molecule has 1 aromatic rings. The van der Waals surface area contributed by atoms with Gasteiger partial charge >= 0.3 is 5.97 Å². The van der Waals surface area contributed by atoms with E-state index in [1.807, 2.05) is 12.1 Å². The third-order valence-electron chi connectivity index (χ3n) is 2.88. The van der Waals surface area contributed by atoms with Crippen LogP contribution in [0.2, 0.25) is 0 Å². The number of carbonyl (C=O) groups is 2. The summed E-state index contributed by atoms with van der Waals surface area (Å²) >= 11 is 3.40. The van der Waals surface area contributed by atoms with Crippen LogP contribution >= 0.6 is 15.9 Å². The Labute approximate surface area is 140 Å². The minimum Gasteiger partial charge on any atom is -0.459 e. The van der Waals surface area contributed by atoms with Crippen molar-refractivity contribution in [3.63, 3.8) is 0 Å². The average Bonchev–Trinajstić information content (AvgIpc) is 2.41. The monoisotopic (exact) mass is 369 g/mol. The van der Waals surface area contributed by atoms with Gasteiger partial charge in [0.05, 0.1) is 0 Å². The number of carbonyl (C=O) groups excluding carboxylic acids is 2. The van der Waals surface area contributed by atoms with Crippen molar-refractivity contribution >= 4 is 27.8 Å². The molecule has 4 nitrogen and oxygen atoms in total. The number of ether oxygens (including phenoxy) is 1. The molecule has 0 saturated heterocycles. The molecule has 1 aromatic carbocycles. The molecule has 122 valence electrons. The molecule has 0 radical (unpaired) electrons. The van der Waals surface area contributed by atoms with Crippen LogP contribution < -0.4 is 5.32 Å². The van der Waals surface area contributed by atoms with Crippen LogP contribution in [0.15, 0.2) is 28.7 Å². The lowest BCUT2D eigenvalue weighted by molar-refractivity contribution is -0.154. The Hall–Kier alpha value is -1.36. The van der Waals surface area contributed by atoms with Gasteiger partial charge in [-0.25, -0.2) is 0 Å². The molecule has 0 fully saturated rings. The molecule has 0 heterocycles. The largest absolute Gasteiger partial charge is 0.459 e. The number of hydrogen-bond acceptors (Lipinski definition) is 3. The fourth-order valence-corrected chi connectivity index (χ4v) is 2.17. The van der Waals surface area contributed by atoms with Gasteiger partial charge in [-0.2, -0.15) is 0 Å². The van der Waals surface area contributed by atoms with E-state index in [-0.39, 0.29) is 12.5 Å². The number of halogens is 1. The second kappa shape index (κ2) is 8.93. The Bertz CT molecular complexity index is 492. The van der Waals surface area contributed by atoms with Crippen LogP contribution in [0, 0.1) is 0 Å². The van der Waals surface area contributed by atoms with E-state index >= 15 is 0 Å². The topological polar surface area (TPSA) is 55.4 Å². The predicted octanol–water partition coefficient (Wildman–Crippen LogP) is 3.62. The number of hydrogen-bond donors (Lipinski definition) is 1. The molecule has 0 saturated carbocycles. The number of aryl methyl sites for hydroxylation is 1. The third-order valence-corrected chi connectivity index (χ3v) is 3.41. The van der Waals surface area contributed by atoms with Crippen LogP contribution in [0.3, 0.4) is 0 Å². The van der Waals surface area contributed by atoms with E-state index in [1.54, 1.807) is 20.8 Å². The summed E-state index contributed by atoms with van der Waals surface area (Å²) in [6, 6.07) is 8.19. The Kier molecular flexibility index (Phi) is 7.59. The van der Waals surface area contributed by atoms with Gasteiger partial charge in [-0.15, -0.1) is 0 Å². The second-order valence-corrected chi connectivity index (χ2v) is 7.11. The maximum absolute atomic E-state index is 11.6. The van der Waals surface area contributed by atoms with Gasteiger partial charge < -0.3 is 10.1 Å². The number of benzene rings is 1. The van der Waals surface area contributed by atoms with Crippen molar-refractivity contribution in [1.29, 1.82) is 0 Å². The maximum Gasteiger partial charge on any atom is 0.325 e. The van der Waals surface area contributed by atoms with Crippen LogP contribution in [0.1, 0.15) is 45.6 Å². The first kappa shape index (κ1) is 18.7. The van der Waals surface area contributed by atoms with Gasteiger partial charge in [0, 0.05) is 10.9 Å². The van der Waals surface area contributed by atoms with Crippen molar-refractivity contribution in [2.45, 2.75) is 52.1 Å². The van der Waals surface area contributed by atoms with Gasteiger partial charge in [0.1, 0.15) is 12.1 Å². The quantitative estimate of drug-likeness (QED) is 0.589. The van der Waals surface area contributed by atoms with E-state index < -0.39 is 11.6 Å². The number of nitrogens with one attached hydrogen (secondary N) is 1. The third kappa shape index (κ3) is 8.82. The lowest BCUT2D eigenvalue weighted by Gasteiger charge is -2.19. The van der Waals surface area contributed by atoms with E-state index in [0.717, 1.165) is 23.7 Å². The highest BCUT2D eigenvalue weighted by molar-refractivity contribution is 9.10. The summed E-state index contributed by atoms with van der Waals surface area (Å²) in [5.41, 5.74) is 0.740. The maximum atomic E-state index is 11.6. The molecule has 0 unspecified atom stereocenters. The number of esters is 1. The van der Waals surface area contributed by atoms with E-state index in [9.17, 15) is 9.59 Å².